The van der Waals surface area contributed by atoms with Crippen molar-refractivity contribution in [2.75, 3.05) is 0 Å². The zero-order valence-corrected chi connectivity index (χ0v) is 35.1. The molecule has 271 valence electrons. The normalized spacial score (nSPS) is 11.6. The van der Waals surface area contributed by atoms with E-state index in [0.717, 1.165) is 63.2 Å². The number of pyridine rings is 1. The van der Waals surface area contributed by atoms with E-state index in [4.69, 9.17) is 9.40 Å². The molecule has 0 unspecified atom stereocenters. The molecule has 53 heavy (non-hydrogen) atoms. The number of hydrogen-bond donors (Lipinski definition) is 0. The molecule has 3 aromatic heterocycles. The summed E-state index contributed by atoms with van der Waals surface area (Å²) in [6, 6.07) is 43.2. The van der Waals surface area contributed by atoms with E-state index in [2.05, 4.69) is 166 Å². The van der Waals surface area contributed by atoms with Crippen molar-refractivity contribution in [3.05, 3.63) is 145 Å². The Kier molecular flexibility index (Phi) is 11.6. The van der Waals surface area contributed by atoms with Crippen molar-refractivity contribution in [3.63, 3.8) is 0 Å². The van der Waals surface area contributed by atoms with E-state index in [-0.39, 0.29) is 20.1 Å². The van der Waals surface area contributed by atoms with Crippen LogP contribution in [0.4, 0.5) is 0 Å². The molecule has 0 amide bonds. The minimum atomic E-state index is -1.34. The molecular formula is C47H47IrN3OSi-2. The van der Waals surface area contributed by atoms with E-state index < -0.39 is 8.07 Å². The maximum absolute atomic E-state index is 5.86. The third-order valence-electron chi connectivity index (χ3n) is 9.42. The molecule has 1 radical (unpaired) electrons. The van der Waals surface area contributed by atoms with Crippen molar-refractivity contribution in [3.8, 4) is 28.3 Å². The number of rotatable bonds is 8. The Morgan fingerprint density at radius 1 is 0.755 bits per heavy atom. The van der Waals surface area contributed by atoms with Crippen LogP contribution in [0, 0.1) is 24.2 Å². The van der Waals surface area contributed by atoms with Crippen molar-refractivity contribution in [2.45, 2.75) is 60.2 Å². The van der Waals surface area contributed by atoms with Crippen LogP contribution in [0.1, 0.15) is 38.8 Å². The van der Waals surface area contributed by atoms with Crippen LogP contribution >= 0.6 is 0 Å². The second kappa shape index (κ2) is 16.2. The fourth-order valence-electron chi connectivity index (χ4n) is 7.11. The zero-order chi connectivity index (χ0) is 36.4. The van der Waals surface area contributed by atoms with Crippen molar-refractivity contribution in [1.29, 1.82) is 0 Å². The average molecular weight is 890 g/mol. The molecule has 3 heterocycles. The molecule has 0 spiro atoms. The number of aromatic nitrogens is 3. The van der Waals surface area contributed by atoms with Crippen LogP contribution in [-0.2, 0) is 32.9 Å². The molecule has 5 aromatic carbocycles. The summed E-state index contributed by atoms with van der Waals surface area (Å²) in [5.41, 5.74) is 9.77. The van der Waals surface area contributed by atoms with Gasteiger partial charge in [0.2, 0.25) is 0 Å². The van der Waals surface area contributed by atoms with Gasteiger partial charge in [-0.2, -0.15) is 0 Å². The second-order valence-corrected chi connectivity index (χ2v) is 20.7. The Morgan fingerprint density at radius 2 is 1.49 bits per heavy atom. The van der Waals surface area contributed by atoms with Gasteiger partial charge in [0.15, 0.2) is 0 Å². The van der Waals surface area contributed by atoms with Gasteiger partial charge in [-0.3, -0.25) is 4.98 Å². The van der Waals surface area contributed by atoms with Crippen LogP contribution < -0.4 is 5.19 Å². The summed E-state index contributed by atoms with van der Waals surface area (Å²) in [5, 5.41) is 4.94. The predicted octanol–water partition coefficient (Wildman–Crippen LogP) is 11.9. The minimum Gasteiger partial charge on any atom is -0.557 e. The maximum Gasteiger partial charge on any atom is 0.0798 e. The summed E-state index contributed by atoms with van der Waals surface area (Å²) in [6.45, 7) is 16.2. The van der Waals surface area contributed by atoms with Crippen LogP contribution in [0.5, 0.6) is 0 Å². The molecule has 0 aliphatic heterocycles. The van der Waals surface area contributed by atoms with Crippen LogP contribution in [0.3, 0.4) is 0 Å². The molecule has 0 saturated heterocycles. The molecule has 0 bridgehead atoms. The van der Waals surface area contributed by atoms with Gasteiger partial charge in [0.1, 0.15) is 0 Å². The van der Waals surface area contributed by atoms with Gasteiger partial charge < -0.3 is 14.0 Å². The standard InChI is InChI=1S/C29H23N2O.C18H24NSi.Ir/c1-19(2)16-20-14-15-28-23(17-20)24(18-32-28)29-30-25-11-5-6-12-27(25)31(29)26-13-7-9-21-8-3-4-10-22(21)26;1-14(2)11-16-12-17(15-9-7-6-8-10-15)19-13-18(16)20(3,4)5;/h3-15,17,19H,16H2,1-2H3;6-9,12-14H,11H2,1-5H3;/q2*-1;. The van der Waals surface area contributed by atoms with Gasteiger partial charge in [-0.25, -0.2) is 0 Å². The molecule has 6 heteroatoms. The number of furan rings is 1. The fraction of sp³-hybridized carbons (Fsp3) is 0.234. The number of nitrogens with zero attached hydrogens (tertiary/aromatic N) is 3. The summed E-state index contributed by atoms with van der Waals surface area (Å²) in [6.07, 6.45) is 7.44. The van der Waals surface area contributed by atoms with Gasteiger partial charge in [-0.15, -0.1) is 35.9 Å². The third kappa shape index (κ3) is 8.31. The first kappa shape index (κ1) is 38.1. The quantitative estimate of drug-likeness (QED) is 0.113. The van der Waals surface area contributed by atoms with Gasteiger partial charge in [0, 0.05) is 49.2 Å². The Hall–Kier alpha value is -4.61. The summed E-state index contributed by atoms with van der Waals surface area (Å²) >= 11 is 0. The smallest absolute Gasteiger partial charge is 0.0798 e. The first-order chi connectivity index (χ1) is 25.1. The minimum absolute atomic E-state index is 0. The number of imidazole rings is 1. The molecule has 0 N–H and O–H groups in total. The van der Waals surface area contributed by atoms with Gasteiger partial charge in [-0.05, 0) is 59.1 Å². The SMILES string of the molecule is CC(C)Cc1cc(-c2[c-]cccc2)ncc1[Si](C)(C)C.CC(C)Cc1ccc2o[c-]c(-c3nc4ccccc4n3-c3cccc4ccccc34)c2c1.[Ir]. The van der Waals surface area contributed by atoms with E-state index in [9.17, 15) is 0 Å². The van der Waals surface area contributed by atoms with Crippen molar-refractivity contribution in [1.82, 2.24) is 14.5 Å². The molecule has 8 rings (SSSR count). The van der Waals surface area contributed by atoms with Gasteiger partial charge in [0.05, 0.1) is 24.9 Å². The Morgan fingerprint density at radius 3 is 2.25 bits per heavy atom. The van der Waals surface area contributed by atoms with E-state index in [1.165, 1.54) is 27.1 Å². The molecule has 0 atom stereocenters. The first-order valence-electron chi connectivity index (χ1n) is 18.4. The summed E-state index contributed by atoms with van der Waals surface area (Å²) in [7, 11) is -1.34. The number of hydrogen-bond acceptors (Lipinski definition) is 3. The Bertz CT molecular complexity index is 2470. The summed E-state index contributed by atoms with van der Waals surface area (Å²) < 4.78 is 8.10. The predicted molar refractivity (Wildman–Crippen MR) is 221 cm³/mol. The summed E-state index contributed by atoms with van der Waals surface area (Å²) in [5.74, 6) is 2.11. The van der Waals surface area contributed by atoms with Gasteiger partial charge >= 0.3 is 0 Å². The van der Waals surface area contributed by atoms with E-state index in [1.807, 2.05) is 24.3 Å². The largest absolute Gasteiger partial charge is 0.557 e. The van der Waals surface area contributed by atoms with E-state index in [0.29, 0.717) is 11.8 Å². The molecule has 0 aliphatic carbocycles. The van der Waals surface area contributed by atoms with Crippen LogP contribution in [0.15, 0.2) is 126 Å². The molecular weight excluding hydrogens is 843 g/mol. The van der Waals surface area contributed by atoms with Crippen LogP contribution in [-0.4, -0.2) is 22.6 Å². The topological polar surface area (TPSA) is 43.9 Å². The van der Waals surface area contributed by atoms with E-state index >= 15 is 0 Å². The number of fused-ring (bicyclic) bond motifs is 3. The average Bonchev–Trinajstić information content (AvgIpc) is 3.72. The molecule has 8 aromatic rings. The van der Waals surface area contributed by atoms with Crippen molar-refractivity contribution >= 4 is 46.0 Å². The van der Waals surface area contributed by atoms with Crippen molar-refractivity contribution < 1.29 is 24.5 Å². The molecule has 0 saturated carbocycles. The molecule has 0 fully saturated rings. The van der Waals surface area contributed by atoms with Gasteiger partial charge in [-0.1, -0.05) is 142 Å². The van der Waals surface area contributed by atoms with Crippen molar-refractivity contribution in [2.24, 2.45) is 11.8 Å². The van der Waals surface area contributed by atoms with Crippen LogP contribution in [0.2, 0.25) is 19.6 Å². The Balaban J connectivity index is 0.000000199. The van der Waals surface area contributed by atoms with Crippen LogP contribution in [0.25, 0.3) is 61.1 Å². The summed E-state index contributed by atoms with van der Waals surface area (Å²) in [4.78, 5) is 9.74. The fourth-order valence-corrected chi connectivity index (χ4v) is 8.70. The van der Waals surface area contributed by atoms with Gasteiger partial charge in [0.25, 0.3) is 0 Å². The zero-order valence-electron chi connectivity index (χ0n) is 31.7. The Labute approximate surface area is 328 Å². The maximum atomic E-state index is 5.86. The second-order valence-electron chi connectivity index (χ2n) is 15.6. The van der Waals surface area contributed by atoms with E-state index in [1.54, 1.807) is 0 Å². The molecule has 0 aliphatic rings. The third-order valence-corrected chi connectivity index (χ3v) is 11.5. The monoisotopic (exact) mass is 890 g/mol. The first-order valence-corrected chi connectivity index (χ1v) is 21.9. The number of para-hydroxylation sites is 2. The molecule has 4 nitrogen and oxygen atoms in total. The number of benzene rings is 5.